The van der Waals surface area contributed by atoms with E-state index in [-0.39, 0.29) is 6.10 Å². The van der Waals surface area contributed by atoms with Crippen LogP contribution < -0.4 is 4.74 Å². The van der Waals surface area contributed by atoms with E-state index in [4.69, 9.17) is 14.5 Å². The molecule has 0 bridgehead atoms. The Morgan fingerprint density at radius 2 is 1.85 bits per heavy atom. The Morgan fingerprint density at radius 1 is 1.15 bits per heavy atom. The fraction of sp³-hybridized carbons (Fsp3) is 0.562. The lowest BCUT2D eigenvalue weighted by molar-refractivity contribution is -0.291. The first-order chi connectivity index (χ1) is 9.60. The fourth-order valence-electron chi connectivity index (χ4n) is 2.49. The maximum absolute atomic E-state index is 11.9. The van der Waals surface area contributed by atoms with Crippen LogP contribution in [0, 0.1) is 11.8 Å². The van der Waals surface area contributed by atoms with Gasteiger partial charge in [0, 0.05) is 0 Å². The summed E-state index contributed by atoms with van der Waals surface area (Å²) in [4.78, 5) is 22.2. The van der Waals surface area contributed by atoms with Crippen molar-refractivity contribution in [1.82, 2.24) is 0 Å². The number of hydrogen-bond donors (Lipinski definition) is 0. The molecule has 0 aliphatic heterocycles. The summed E-state index contributed by atoms with van der Waals surface area (Å²) in [6.45, 7) is 4.34. The summed E-state index contributed by atoms with van der Waals surface area (Å²) in [7, 11) is 1.59. The largest absolute Gasteiger partial charge is 0.497 e. The molecule has 1 aromatic rings. The molecule has 0 radical (unpaired) electrons. The first kappa shape index (κ1) is 14.9. The summed E-state index contributed by atoms with van der Waals surface area (Å²) < 4.78 is 5.05. The lowest BCUT2D eigenvalue weighted by Gasteiger charge is -2.30. The van der Waals surface area contributed by atoms with Gasteiger partial charge in [0.05, 0.1) is 12.7 Å². The zero-order valence-corrected chi connectivity index (χ0v) is 12.3. The second-order valence-corrected chi connectivity index (χ2v) is 5.63. The van der Waals surface area contributed by atoms with Crippen molar-refractivity contribution in [3.8, 4) is 5.75 Å². The quantitative estimate of drug-likeness (QED) is 0.623. The number of rotatable bonds is 4. The van der Waals surface area contributed by atoms with Crippen LogP contribution in [-0.4, -0.2) is 19.2 Å². The number of carbonyl (C=O) groups is 1. The van der Waals surface area contributed by atoms with E-state index in [1.165, 1.54) is 6.42 Å². The number of carbonyl (C=O) groups excluding carboxylic acids is 1. The van der Waals surface area contributed by atoms with Crippen molar-refractivity contribution in [1.29, 1.82) is 0 Å². The highest BCUT2D eigenvalue weighted by atomic mass is 17.2. The van der Waals surface area contributed by atoms with Gasteiger partial charge in [-0.15, -0.1) is 0 Å². The molecule has 0 heterocycles. The molecule has 0 N–H and O–H groups in total. The van der Waals surface area contributed by atoms with Crippen molar-refractivity contribution >= 4 is 5.97 Å². The van der Waals surface area contributed by atoms with Crippen LogP contribution in [0.2, 0.25) is 0 Å². The second kappa shape index (κ2) is 6.75. The molecule has 0 spiro atoms. The van der Waals surface area contributed by atoms with Crippen LogP contribution in [-0.2, 0) is 9.78 Å². The van der Waals surface area contributed by atoms with Crippen LogP contribution >= 0.6 is 0 Å². The zero-order chi connectivity index (χ0) is 14.5. The number of ether oxygens (including phenoxy) is 1. The first-order valence-corrected chi connectivity index (χ1v) is 7.12. The fourth-order valence-corrected chi connectivity index (χ4v) is 2.49. The van der Waals surface area contributed by atoms with E-state index in [2.05, 4.69) is 13.8 Å². The molecule has 1 saturated carbocycles. The third kappa shape index (κ3) is 3.73. The lowest BCUT2D eigenvalue weighted by Crippen LogP contribution is -2.30. The Bertz CT molecular complexity index is 440. The van der Waals surface area contributed by atoms with Crippen LogP contribution in [0.25, 0.3) is 0 Å². The van der Waals surface area contributed by atoms with Gasteiger partial charge in [-0.3, -0.25) is 4.89 Å². The predicted molar refractivity (Wildman–Crippen MR) is 75.5 cm³/mol. The lowest BCUT2D eigenvalue weighted by atomic mass is 9.82. The average Bonchev–Trinajstić information content (AvgIpc) is 2.48. The minimum Gasteiger partial charge on any atom is -0.497 e. The smallest absolute Gasteiger partial charge is 0.373 e. The SMILES string of the molecule is COc1ccc(C(=O)OOC2CC(C)CCC2C)cc1. The average molecular weight is 278 g/mol. The number of benzene rings is 1. The summed E-state index contributed by atoms with van der Waals surface area (Å²) in [5.41, 5.74) is 0.460. The van der Waals surface area contributed by atoms with Crippen molar-refractivity contribution in [2.24, 2.45) is 11.8 Å². The molecule has 1 aliphatic rings. The van der Waals surface area contributed by atoms with Gasteiger partial charge >= 0.3 is 5.97 Å². The van der Waals surface area contributed by atoms with Crippen molar-refractivity contribution in [2.45, 2.75) is 39.2 Å². The van der Waals surface area contributed by atoms with Crippen molar-refractivity contribution in [2.75, 3.05) is 7.11 Å². The highest BCUT2D eigenvalue weighted by Crippen LogP contribution is 2.30. The molecule has 3 unspecified atom stereocenters. The second-order valence-electron chi connectivity index (χ2n) is 5.63. The molecule has 1 aromatic carbocycles. The molecule has 4 nitrogen and oxygen atoms in total. The molecular weight excluding hydrogens is 256 g/mol. The van der Waals surface area contributed by atoms with E-state index < -0.39 is 5.97 Å². The number of methoxy groups -OCH3 is 1. The maximum atomic E-state index is 11.9. The van der Waals surface area contributed by atoms with Gasteiger partial charge in [0.2, 0.25) is 0 Å². The van der Waals surface area contributed by atoms with Gasteiger partial charge in [0.25, 0.3) is 0 Å². The Morgan fingerprint density at radius 3 is 2.50 bits per heavy atom. The summed E-state index contributed by atoms with van der Waals surface area (Å²) >= 11 is 0. The Balaban J connectivity index is 1.87. The molecule has 3 atom stereocenters. The van der Waals surface area contributed by atoms with Gasteiger partial charge in [0.15, 0.2) is 0 Å². The highest BCUT2D eigenvalue weighted by Gasteiger charge is 2.28. The molecule has 1 fully saturated rings. The van der Waals surface area contributed by atoms with Gasteiger partial charge in [-0.25, -0.2) is 4.79 Å². The van der Waals surface area contributed by atoms with Gasteiger partial charge in [-0.05, 0) is 48.9 Å². The molecule has 4 heteroatoms. The van der Waals surface area contributed by atoms with E-state index in [0.29, 0.717) is 23.1 Å². The standard InChI is InChI=1S/C16H22O4/c1-11-4-5-12(2)15(10-11)19-20-16(17)13-6-8-14(18-3)9-7-13/h6-9,11-12,15H,4-5,10H2,1-3H3. The third-order valence-corrected chi connectivity index (χ3v) is 3.96. The summed E-state index contributed by atoms with van der Waals surface area (Å²) in [6.07, 6.45) is 3.28. The Labute approximate surface area is 120 Å². The molecule has 20 heavy (non-hydrogen) atoms. The summed E-state index contributed by atoms with van der Waals surface area (Å²) in [6, 6.07) is 6.78. The van der Waals surface area contributed by atoms with Crippen LogP contribution in [0.5, 0.6) is 5.75 Å². The minimum absolute atomic E-state index is 0.000878. The van der Waals surface area contributed by atoms with Crippen molar-refractivity contribution in [3.63, 3.8) is 0 Å². The molecule has 0 saturated heterocycles. The Kier molecular flexibility index (Phi) is 5.01. The van der Waals surface area contributed by atoms with Gasteiger partial charge in [-0.2, -0.15) is 4.89 Å². The van der Waals surface area contributed by atoms with Crippen LogP contribution in [0.3, 0.4) is 0 Å². The predicted octanol–water partition coefficient (Wildman–Crippen LogP) is 3.61. The Hall–Kier alpha value is -1.55. The first-order valence-electron chi connectivity index (χ1n) is 7.12. The van der Waals surface area contributed by atoms with E-state index in [1.54, 1.807) is 31.4 Å². The van der Waals surface area contributed by atoms with Crippen molar-refractivity contribution in [3.05, 3.63) is 29.8 Å². The van der Waals surface area contributed by atoms with Crippen LogP contribution in [0.4, 0.5) is 0 Å². The zero-order valence-electron chi connectivity index (χ0n) is 12.3. The summed E-state index contributed by atoms with van der Waals surface area (Å²) in [5.74, 6) is 1.29. The van der Waals surface area contributed by atoms with E-state index in [0.717, 1.165) is 12.8 Å². The number of hydrogen-bond acceptors (Lipinski definition) is 4. The molecule has 0 amide bonds. The van der Waals surface area contributed by atoms with Crippen LogP contribution in [0.15, 0.2) is 24.3 Å². The normalized spacial score (nSPS) is 26.1. The van der Waals surface area contributed by atoms with E-state index in [1.807, 2.05) is 0 Å². The molecule has 2 rings (SSSR count). The molecule has 110 valence electrons. The molecule has 0 aromatic heterocycles. The minimum atomic E-state index is -0.460. The maximum Gasteiger partial charge on any atom is 0.373 e. The molecular formula is C16H22O4. The van der Waals surface area contributed by atoms with Crippen LogP contribution in [0.1, 0.15) is 43.5 Å². The van der Waals surface area contributed by atoms with E-state index >= 15 is 0 Å². The van der Waals surface area contributed by atoms with Gasteiger partial charge < -0.3 is 4.74 Å². The molecule has 1 aliphatic carbocycles. The monoisotopic (exact) mass is 278 g/mol. The summed E-state index contributed by atoms with van der Waals surface area (Å²) in [5, 5.41) is 0. The topological polar surface area (TPSA) is 44.8 Å². The third-order valence-electron chi connectivity index (χ3n) is 3.96. The van der Waals surface area contributed by atoms with Crippen molar-refractivity contribution < 1.29 is 19.3 Å². The highest BCUT2D eigenvalue weighted by molar-refractivity contribution is 5.89. The van der Waals surface area contributed by atoms with E-state index in [9.17, 15) is 4.79 Å². The van der Waals surface area contributed by atoms with Gasteiger partial charge in [0.1, 0.15) is 11.9 Å². The van der Waals surface area contributed by atoms with Gasteiger partial charge in [-0.1, -0.05) is 20.3 Å².